The average Bonchev–Trinajstić information content (AvgIpc) is 2.64. The molecule has 0 aliphatic carbocycles. The summed E-state index contributed by atoms with van der Waals surface area (Å²) in [4.78, 5) is 1.10. The molecule has 2 nitrogen and oxygen atoms in total. The van der Waals surface area contributed by atoms with Crippen LogP contribution in [0.25, 0.3) is 22.3 Å². The molecule has 3 rings (SSSR count). The molecule has 3 aromatic carbocycles. The molecule has 3 heteroatoms. The molecular weight excluding hydrogens is 316 g/mol. The van der Waals surface area contributed by atoms with E-state index in [1.165, 1.54) is 0 Å². The molecule has 0 bridgehead atoms. The van der Waals surface area contributed by atoms with Crippen molar-refractivity contribution in [2.45, 2.75) is 11.3 Å². The third-order valence-electron chi connectivity index (χ3n) is 3.82. The van der Waals surface area contributed by atoms with Gasteiger partial charge >= 0.3 is 0 Å². The molecule has 0 fully saturated rings. The van der Waals surface area contributed by atoms with Crippen LogP contribution in [0.3, 0.4) is 0 Å². The molecular formula is C21H20O2S. The lowest BCUT2D eigenvalue weighted by Crippen LogP contribution is -1.89. The number of hydrogen-bond acceptors (Lipinski definition) is 3. The highest BCUT2D eigenvalue weighted by molar-refractivity contribution is 7.99. The Morgan fingerprint density at radius 2 is 1.25 bits per heavy atom. The Kier molecular flexibility index (Phi) is 5.57. The van der Waals surface area contributed by atoms with Crippen molar-refractivity contribution in [2.24, 2.45) is 0 Å². The summed E-state index contributed by atoms with van der Waals surface area (Å²) in [6, 6.07) is 23.9. The summed E-state index contributed by atoms with van der Waals surface area (Å²) < 4.78 is 0. The number of aliphatic hydroxyl groups is 1. The molecule has 0 saturated carbocycles. The van der Waals surface area contributed by atoms with Crippen LogP contribution in [0.4, 0.5) is 0 Å². The highest BCUT2D eigenvalue weighted by Crippen LogP contribution is 2.41. The van der Waals surface area contributed by atoms with E-state index in [-0.39, 0.29) is 6.61 Å². The summed E-state index contributed by atoms with van der Waals surface area (Å²) in [6.07, 6.45) is 0.757. The van der Waals surface area contributed by atoms with E-state index in [0.29, 0.717) is 5.75 Å². The molecule has 0 radical (unpaired) electrons. The van der Waals surface area contributed by atoms with Crippen LogP contribution in [0, 0.1) is 0 Å². The third kappa shape index (κ3) is 3.81. The van der Waals surface area contributed by atoms with Crippen molar-refractivity contribution in [3.63, 3.8) is 0 Å². The number of aromatic hydroxyl groups is 1. The Hall–Kier alpha value is -2.23. The fourth-order valence-electron chi connectivity index (χ4n) is 2.62. The molecule has 122 valence electrons. The molecule has 0 saturated heterocycles. The van der Waals surface area contributed by atoms with Gasteiger partial charge < -0.3 is 10.2 Å². The quantitative estimate of drug-likeness (QED) is 0.480. The van der Waals surface area contributed by atoms with Gasteiger partial charge in [-0.1, -0.05) is 60.7 Å². The van der Waals surface area contributed by atoms with Gasteiger partial charge in [-0.15, -0.1) is 11.8 Å². The van der Waals surface area contributed by atoms with Gasteiger partial charge in [-0.3, -0.25) is 0 Å². The lowest BCUT2D eigenvalue weighted by Gasteiger charge is -2.13. The molecule has 0 aliphatic rings. The summed E-state index contributed by atoms with van der Waals surface area (Å²) in [5.41, 5.74) is 3.67. The zero-order valence-corrected chi connectivity index (χ0v) is 14.2. The van der Waals surface area contributed by atoms with Gasteiger partial charge in [0.05, 0.1) is 0 Å². The normalized spacial score (nSPS) is 10.7. The first kappa shape index (κ1) is 16.6. The second-order valence-electron chi connectivity index (χ2n) is 5.52. The van der Waals surface area contributed by atoms with Crippen LogP contribution in [0.2, 0.25) is 0 Å². The van der Waals surface area contributed by atoms with Crippen LogP contribution in [-0.2, 0) is 0 Å². The maximum absolute atomic E-state index is 10.8. The molecule has 0 unspecified atom stereocenters. The van der Waals surface area contributed by atoms with Gasteiger partial charge in [0.1, 0.15) is 5.75 Å². The van der Waals surface area contributed by atoms with Crippen molar-refractivity contribution in [1.82, 2.24) is 0 Å². The predicted molar refractivity (Wildman–Crippen MR) is 101 cm³/mol. The summed E-state index contributed by atoms with van der Waals surface area (Å²) in [5, 5.41) is 19.8. The minimum Gasteiger partial charge on any atom is -0.507 e. The first-order valence-electron chi connectivity index (χ1n) is 8.01. The van der Waals surface area contributed by atoms with Crippen molar-refractivity contribution in [1.29, 1.82) is 0 Å². The average molecular weight is 336 g/mol. The van der Waals surface area contributed by atoms with Gasteiger partial charge in [0, 0.05) is 28.4 Å². The van der Waals surface area contributed by atoms with Crippen molar-refractivity contribution < 1.29 is 10.2 Å². The van der Waals surface area contributed by atoms with E-state index in [1.54, 1.807) is 11.8 Å². The smallest absolute Gasteiger partial charge is 0.131 e. The van der Waals surface area contributed by atoms with E-state index in [2.05, 4.69) is 0 Å². The van der Waals surface area contributed by atoms with Crippen molar-refractivity contribution >= 4 is 11.8 Å². The van der Waals surface area contributed by atoms with Crippen LogP contribution in [0.1, 0.15) is 6.42 Å². The second kappa shape index (κ2) is 8.04. The largest absolute Gasteiger partial charge is 0.507 e. The molecule has 0 heterocycles. The molecule has 24 heavy (non-hydrogen) atoms. The molecule has 0 amide bonds. The van der Waals surface area contributed by atoms with E-state index in [1.807, 2.05) is 72.8 Å². The number of aliphatic hydroxyl groups excluding tert-OH is 1. The van der Waals surface area contributed by atoms with Crippen LogP contribution >= 0.6 is 11.8 Å². The van der Waals surface area contributed by atoms with Gasteiger partial charge in [0.15, 0.2) is 0 Å². The minimum atomic E-state index is 0.197. The highest BCUT2D eigenvalue weighted by atomic mass is 32.2. The van der Waals surface area contributed by atoms with Gasteiger partial charge in [-0.05, 0) is 29.7 Å². The van der Waals surface area contributed by atoms with Gasteiger partial charge in [0.2, 0.25) is 0 Å². The summed E-state index contributed by atoms with van der Waals surface area (Å²) in [7, 11) is 0. The molecule has 0 aliphatic heterocycles. The molecule has 0 atom stereocenters. The Balaban J connectivity index is 2.09. The zero-order chi connectivity index (χ0) is 16.8. The van der Waals surface area contributed by atoms with Crippen LogP contribution in [0.5, 0.6) is 5.75 Å². The Morgan fingerprint density at radius 1 is 0.750 bits per heavy atom. The van der Waals surface area contributed by atoms with Crippen LogP contribution < -0.4 is 0 Å². The molecule has 0 spiro atoms. The molecule has 3 aromatic rings. The topological polar surface area (TPSA) is 40.5 Å². The number of phenolic OH excluding ortho intramolecular Hbond substituents is 1. The van der Waals surface area contributed by atoms with E-state index in [9.17, 15) is 5.11 Å². The standard InChI is InChI=1S/C21H20O2S/c22-12-7-13-24-18-14-19(16-8-3-1-4-9-16)21(23)20(15-18)17-10-5-2-6-11-17/h1-6,8-11,14-15,22-23H,7,12-13H2. The summed E-state index contributed by atoms with van der Waals surface area (Å²) >= 11 is 1.70. The maximum Gasteiger partial charge on any atom is 0.131 e. The van der Waals surface area contributed by atoms with Gasteiger partial charge in [-0.2, -0.15) is 0 Å². The van der Waals surface area contributed by atoms with E-state index >= 15 is 0 Å². The molecule has 0 aromatic heterocycles. The predicted octanol–water partition coefficient (Wildman–Crippen LogP) is 5.20. The fourth-order valence-corrected chi connectivity index (χ4v) is 3.53. The first-order valence-corrected chi connectivity index (χ1v) is 8.99. The summed E-state index contributed by atoms with van der Waals surface area (Å²) in [6.45, 7) is 0.197. The van der Waals surface area contributed by atoms with Crippen molar-refractivity contribution in [3.05, 3.63) is 72.8 Å². The third-order valence-corrected chi connectivity index (χ3v) is 4.89. The Labute approximate surface area is 146 Å². The van der Waals surface area contributed by atoms with Gasteiger partial charge in [-0.25, -0.2) is 0 Å². The molecule has 2 N–H and O–H groups in total. The van der Waals surface area contributed by atoms with Crippen molar-refractivity contribution in [3.8, 4) is 28.0 Å². The number of hydrogen-bond donors (Lipinski definition) is 2. The van der Waals surface area contributed by atoms with Gasteiger partial charge in [0.25, 0.3) is 0 Å². The van der Waals surface area contributed by atoms with E-state index in [0.717, 1.165) is 39.3 Å². The summed E-state index contributed by atoms with van der Waals surface area (Å²) in [5.74, 6) is 1.16. The number of thioether (sulfide) groups is 1. The lowest BCUT2D eigenvalue weighted by atomic mass is 9.97. The second-order valence-corrected chi connectivity index (χ2v) is 6.69. The number of rotatable bonds is 6. The Bertz CT molecular complexity index is 725. The minimum absolute atomic E-state index is 0.197. The number of benzene rings is 3. The number of phenols is 1. The Morgan fingerprint density at radius 3 is 1.71 bits per heavy atom. The van der Waals surface area contributed by atoms with Crippen molar-refractivity contribution in [2.75, 3.05) is 12.4 Å². The SMILES string of the molecule is OCCCSc1cc(-c2ccccc2)c(O)c(-c2ccccc2)c1. The van der Waals surface area contributed by atoms with Crippen LogP contribution in [0.15, 0.2) is 77.7 Å². The fraction of sp³-hybridized carbons (Fsp3) is 0.143. The maximum atomic E-state index is 10.8. The highest BCUT2D eigenvalue weighted by Gasteiger charge is 2.13. The van der Waals surface area contributed by atoms with E-state index in [4.69, 9.17) is 5.11 Å². The van der Waals surface area contributed by atoms with E-state index < -0.39 is 0 Å². The first-order chi connectivity index (χ1) is 11.8. The zero-order valence-electron chi connectivity index (χ0n) is 13.4. The monoisotopic (exact) mass is 336 g/mol. The lowest BCUT2D eigenvalue weighted by molar-refractivity contribution is 0.296. The van der Waals surface area contributed by atoms with Crippen LogP contribution in [-0.4, -0.2) is 22.6 Å².